The van der Waals surface area contributed by atoms with Crippen LogP contribution in [0.1, 0.15) is 84.0 Å². The second-order valence-electron chi connectivity index (χ2n) is 5.22. The Kier molecular flexibility index (Phi) is 12.7. The number of carbonyl (C=O) groups is 1. The average molecular weight is 270 g/mol. The summed E-state index contributed by atoms with van der Waals surface area (Å²) in [5, 5.41) is 17.4. The third-order valence-corrected chi connectivity index (χ3v) is 3.36. The fraction of sp³-hybridized carbons (Fsp3) is 0.812. The minimum atomic E-state index is -1.23. The van der Waals surface area contributed by atoms with E-state index in [1.54, 1.807) is 0 Å². The molecule has 0 fully saturated rings. The molecular formula is C16H30O3. The predicted molar refractivity (Wildman–Crippen MR) is 79.4 cm³/mol. The summed E-state index contributed by atoms with van der Waals surface area (Å²) in [6.07, 6.45) is 16.1. The molecule has 0 aromatic carbocycles. The number of aliphatic hydroxyl groups is 1. The van der Waals surface area contributed by atoms with Crippen molar-refractivity contribution in [3.05, 3.63) is 11.8 Å². The van der Waals surface area contributed by atoms with Crippen LogP contribution < -0.4 is 0 Å². The summed E-state index contributed by atoms with van der Waals surface area (Å²) < 4.78 is 0. The normalized spacial score (nSPS) is 11.7. The lowest BCUT2D eigenvalue weighted by Crippen LogP contribution is -1.98. The zero-order valence-corrected chi connectivity index (χ0v) is 12.4. The highest BCUT2D eigenvalue weighted by molar-refractivity contribution is 5.83. The first-order valence-corrected chi connectivity index (χ1v) is 7.81. The summed E-state index contributed by atoms with van der Waals surface area (Å²) in [4.78, 5) is 10.3. The molecule has 0 spiro atoms. The number of carboxylic acid groups (broad SMARTS) is 1. The van der Waals surface area contributed by atoms with Crippen molar-refractivity contribution < 1.29 is 15.0 Å². The van der Waals surface area contributed by atoms with Crippen LogP contribution in [0.5, 0.6) is 0 Å². The van der Waals surface area contributed by atoms with Crippen molar-refractivity contribution in [2.75, 3.05) is 0 Å². The Morgan fingerprint density at radius 3 is 1.63 bits per heavy atom. The zero-order valence-electron chi connectivity index (χ0n) is 12.4. The molecule has 0 saturated carbocycles. The van der Waals surface area contributed by atoms with E-state index in [2.05, 4.69) is 6.92 Å². The van der Waals surface area contributed by atoms with Gasteiger partial charge in [0.2, 0.25) is 0 Å². The maximum Gasteiger partial charge on any atom is 0.370 e. The molecule has 0 aliphatic carbocycles. The lowest BCUT2D eigenvalue weighted by molar-refractivity contribution is -0.135. The van der Waals surface area contributed by atoms with Gasteiger partial charge in [-0.25, -0.2) is 4.79 Å². The maximum absolute atomic E-state index is 10.3. The molecular weight excluding hydrogens is 240 g/mol. The van der Waals surface area contributed by atoms with Gasteiger partial charge in [-0.05, 0) is 18.9 Å². The number of hydrogen-bond acceptors (Lipinski definition) is 2. The molecule has 0 aliphatic heterocycles. The van der Waals surface area contributed by atoms with Crippen LogP contribution >= 0.6 is 0 Å². The highest BCUT2D eigenvalue weighted by Gasteiger charge is 2.01. The Morgan fingerprint density at radius 2 is 1.21 bits per heavy atom. The van der Waals surface area contributed by atoms with E-state index in [-0.39, 0.29) is 0 Å². The molecule has 0 aliphatic rings. The van der Waals surface area contributed by atoms with Crippen molar-refractivity contribution >= 4 is 5.97 Å². The van der Waals surface area contributed by atoms with Gasteiger partial charge in [0.1, 0.15) is 0 Å². The van der Waals surface area contributed by atoms with Crippen molar-refractivity contribution in [2.45, 2.75) is 84.0 Å². The molecule has 3 heteroatoms. The van der Waals surface area contributed by atoms with Crippen molar-refractivity contribution in [2.24, 2.45) is 0 Å². The third kappa shape index (κ3) is 13.2. The van der Waals surface area contributed by atoms with Gasteiger partial charge >= 0.3 is 5.97 Å². The lowest BCUT2D eigenvalue weighted by atomic mass is 10.1. The Balaban J connectivity index is 3.15. The summed E-state index contributed by atoms with van der Waals surface area (Å²) in [6.45, 7) is 2.24. The van der Waals surface area contributed by atoms with Crippen LogP contribution in [0.15, 0.2) is 11.8 Å². The van der Waals surface area contributed by atoms with Crippen LogP contribution in [-0.4, -0.2) is 16.2 Å². The van der Waals surface area contributed by atoms with E-state index in [0.717, 1.165) is 12.8 Å². The Labute approximate surface area is 117 Å². The van der Waals surface area contributed by atoms with E-state index in [9.17, 15) is 4.79 Å². The molecule has 0 heterocycles. The minimum Gasteiger partial charge on any atom is -0.502 e. The molecule has 2 N–H and O–H groups in total. The average Bonchev–Trinajstić information content (AvgIpc) is 2.39. The van der Waals surface area contributed by atoms with E-state index in [1.165, 1.54) is 63.9 Å². The van der Waals surface area contributed by atoms with Gasteiger partial charge in [0.25, 0.3) is 0 Å². The summed E-state index contributed by atoms with van der Waals surface area (Å²) in [7, 11) is 0. The Hall–Kier alpha value is -0.990. The minimum absolute atomic E-state index is 0.521. The van der Waals surface area contributed by atoms with E-state index in [4.69, 9.17) is 10.2 Å². The fourth-order valence-corrected chi connectivity index (χ4v) is 2.13. The topological polar surface area (TPSA) is 57.5 Å². The molecule has 0 amide bonds. The largest absolute Gasteiger partial charge is 0.502 e. The number of carboxylic acids is 1. The standard InChI is InChI=1S/C16H30O3/c1-2-3-4-5-6-7-8-9-10-11-12-13-14-15(17)16(18)19/h14,17H,2-13H2,1H3,(H,18,19). The van der Waals surface area contributed by atoms with E-state index < -0.39 is 11.7 Å². The second-order valence-corrected chi connectivity index (χ2v) is 5.22. The number of aliphatic carboxylic acids is 1. The van der Waals surface area contributed by atoms with Crippen LogP contribution in [-0.2, 0) is 4.79 Å². The summed E-state index contributed by atoms with van der Waals surface area (Å²) in [5.41, 5.74) is 0. The van der Waals surface area contributed by atoms with Crippen LogP contribution in [0.25, 0.3) is 0 Å². The molecule has 0 saturated heterocycles. The summed E-state index contributed by atoms with van der Waals surface area (Å²) >= 11 is 0. The summed E-state index contributed by atoms with van der Waals surface area (Å²) in [5.74, 6) is -1.75. The molecule has 0 radical (unpaired) electrons. The molecule has 0 atom stereocenters. The Bertz CT molecular complexity index is 246. The molecule has 0 rings (SSSR count). The van der Waals surface area contributed by atoms with Crippen LogP contribution in [0.3, 0.4) is 0 Å². The van der Waals surface area contributed by atoms with Gasteiger partial charge in [-0.15, -0.1) is 0 Å². The first-order chi connectivity index (χ1) is 9.18. The highest BCUT2D eigenvalue weighted by Crippen LogP contribution is 2.12. The van der Waals surface area contributed by atoms with Crippen molar-refractivity contribution in [1.82, 2.24) is 0 Å². The van der Waals surface area contributed by atoms with Crippen LogP contribution in [0, 0.1) is 0 Å². The smallest absolute Gasteiger partial charge is 0.370 e. The monoisotopic (exact) mass is 270 g/mol. The SMILES string of the molecule is CCCCCCCCCCCCCC=C(O)C(=O)O. The number of aliphatic hydroxyl groups excluding tert-OH is 1. The van der Waals surface area contributed by atoms with E-state index in [0.29, 0.717) is 6.42 Å². The molecule has 0 unspecified atom stereocenters. The van der Waals surface area contributed by atoms with Crippen molar-refractivity contribution in [3.63, 3.8) is 0 Å². The Morgan fingerprint density at radius 1 is 0.789 bits per heavy atom. The van der Waals surface area contributed by atoms with Gasteiger partial charge in [0, 0.05) is 0 Å². The third-order valence-electron chi connectivity index (χ3n) is 3.36. The number of unbranched alkanes of at least 4 members (excludes halogenated alkanes) is 11. The first kappa shape index (κ1) is 18.0. The molecule has 0 aromatic heterocycles. The van der Waals surface area contributed by atoms with Crippen molar-refractivity contribution in [3.8, 4) is 0 Å². The lowest BCUT2D eigenvalue weighted by Gasteiger charge is -2.01. The second kappa shape index (κ2) is 13.4. The van der Waals surface area contributed by atoms with Gasteiger partial charge < -0.3 is 10.2 Å². The number of rotatable bonds is 13. The molecule has 3 nitrogen and oxygen atoms in total. The zero-order chi connectivity index (χ0) is 14.3. The van der Waals surface area contributed by atoms with Gasteiger partial charge in [0.05, 0.1) is 0 Å². The fourth-order valence-electron chi connectivity index (χ4n) is 2.13. The first-order valence-electron chi connectivity index (χ1n) is 7.81. The quantitative estimate of drug-likeness (QED) is 0.274. The van der Waals surface area contributed by atoms with E-state index >= 15 is 0 Å². The van der Waals surface area contributed by atoms with E-state index in [1.807, 2.05) is 0 Å². The highest BCUT2D eigenvalue weighted by atomic mass is 16.4. The van der Waals surface area contributed by atoms with Crippen molar-refractivity contribution in [1.29, 1.82) is 0 Å². The van der Waals surface area contributed by atoms with Crippen LogP contribution in [0.4, 0.5) is 0 Å². The molecule has 112 valence electrons. The van der Waals surface area contributed by atoms with Gasteiger partial charge in [0.15, 0.2) is 5.76 Å². The predicted octanol–water partition coefficient (Wildman–Crippen LogP) is 5.21. The number of hydrogen-bond donors (Lipinski definition) is 2. The molecule has 0 bridgehead atoms. The number of allylic oxidation sites excluding steroid dienone is 1. The summed E-state index contributed by atoms with van der Waals surface area (Å²) in [6, 6.07) is 0. The van der Waals surface area contributed by atoms with Gasteiger partial charge in [-0.2, -0.15) is 0 Å². The van der Waals surface area contributed by atoms with Gasteiger partial charge in [-0.1, -0.05) is 71.1 Å². The molecule has 19 heavy (non-hydrogen) atoms. The molecule has 0 aromatic rings. The maximum atomic E-state index is 10.3. The van der Waals surface area contributed by atoms with Crippen LogP contribution in [0.2, 0.25) is 0 Å². The van der Waals surface area contributed by atoms with Gasteiger partial charge in [-0.3, -0.25) is 0 Å².